The number of rotatable bonds is 4. The Hall–Kier alpha value is -1.79. The number of piperidine rings is 1. The van der Waals surface area contributed by atoms with Crippen LogP contribution in [0.2, 0.25) is 0 Å². The minimum absolute atomic E-state index is 0.266. The van der Waals surface area contributed by atoms with Crippen molar-refractivity contribution in [1.29, 1.82) is 0 Å². The smallest absolute Gasteiger partial charge is 0.183 e. The molecular weight excluding hydrogens is 340 g/mol. The Labute approximate surface area is 151 Å². The van der Waals surface area contributed by atoms with Gasteiger partial charge in [0.2, 0.25) is 0 Å². The lowest BCUT2D eigenvalue weighted by atomic mass is 9.95. The fourth-order valence-corrected chi connectivity index (χ4v) is 4.59. The van der Waals surface area contributed by atoms with Crippen molar-refractivity contribution in [2.45, 2.75) is 19.3 Å². The SMILES string of the molecule is Fc1cccc(N2SN(CCC3CCNCC3)c3ccccc32)c1F. The average molecular weight is 361 g/mol. The first-order valence-corrected chi connectivity index (χ1v) is 9.46. The third-order valence-electron chi connectivity index (χ3n) is 4.90. The van der Waals surface area contributed by atoms with Crippen molar-refractivity contribution in [2.24, 2.45) is 5.92 Å². The molecule has 1 N–H and O–H groups in total. The molecule has 2 heterocycles. The standard InChI is InChI=1S/C19H21F2N3S/c20-15-4-3-7-18(19(15)21)24-17-6-2-1-5-16(17)23(25-24)13-10-14-8-11-22-12-9-14/h1-7,14,22H,8-13H2. The van der Waals surface area contributed by atoms with E-state index in [0.29, 0.717) is 0 Å². The third kappa shape index (κ3) is 3.33. The van der Waals surface area contributed by atoms with Crippen molar-refractivity contribution in [1.82, 2.24) is 5.32 Å². The van der Waals surface area contributed by atoms with Gasteiger partial charge in [-0.15, -0.1) is 0 Å². The van der Waals surface area contributed by atoms with E-state index in [1.54, 1.807) is 16.4 Å². The molecular formula is C19H21F2N3S. The third-order valence-corrected chi connectivity index (χ3v) is 6.03. The van der Waals surface area contributed by atoms with Crippen molar-refractivity contribution in [2.75, 3.05) is 28.2 Å². The summed E-state index contributed by atoms with van der Waals surface area (Å²) in [6.45, 7) is 3.09. The van der Waals surface area contributed by atoms with Crippen LogP contribution < -0.4 is 13.9 Å². The van der Waals surface area contributed by atoms with E-state index in [2.05, 4.69) is 9.62 Å². The minimum atomic E-state index is -0.816. The average Bonchev–Trinajstić information content (AvgIpc) is 3.02. The topological polar surface area (TPSA) is 18.5 Å². The molecule has 0 aromatic heterocycles. The van der Waals surface area contributed by atoms with Gasteiger partial charge in [0.15, 0.2) is 11.6 Å². The van der Waals surface area contributed by atoms with Gasteiger partial charge in [-0.25, -0.2) is 8.78 Å². The first kappa shape index (κ1) is 16.7. The molecule has 1 saturated heterocycles. The number of hydrogen-bond donors (Lipinski definition) is 1. The first-order chi connectivity index (χ1) is 12.2. The molecule has 6 heteroatoms. The summed E-state index contributed by atoms with van der Waals surface area (Å²) in [5.74, 6) is -0.886. The van der Waals surface area contributed by atoms with Gasteiger partial charge in [-0.05, 0) is 62.5 Å². The molecule has 0 spiro atoms. The van der Waals surface area contributed by atoms with Gasteiger partial charge in [0.05, 0.1) is 29.2 Å². The summed E-state index contributed by atoms with van der Waals surface area (Å²) in [6.07, 6.45) is 3.53. The molecule has 0 unspecified atom stereocenters. The zero-order valence-corrected chi connectivity index (χ0v) is 14.7. The summed E-state index contributed by atoms with van der Waals surface area (Å²) in [4.78, 5) is 0. The summed E-state index contributed by atoms with van der Waals surface area (Å²) in [5.41, 5.74) is 2.23. The first-order valence-electron chi connectivity index (χ1n) is 8.73. The molecule has 0 aliphatic carbocycles. The van der Waals surface area contributed by atoms with E-state index in [0.717, 1.165) is 49.4 Å². The fraction of sp³-hybridized carbons (Fsp3) is 0.368. The largest absolute Gasteiger partial charge is 0.317 e. The second-order valence-corrected chi connectivity index (χ2v) is 7.49. The summed E-state index contributed by atoms with van der Waals surface area (Å²) in [7, 11) is 0. The number of anilines is 3. The molecule has 4 rings (SSSR count). The van der Waals surface area contributed by atoms with Crippen molar-refractivity contribution in [3.05, 3.63) is 54.1 Å². The highest BCUT2D eigenvalue weighted by Gasteiger charge is 2.31. The van der Waals surface area contributed by atoms with Gasteiger partial charge in [-0.3, -0.25) is 8.61 Å². The molecule has 2 aromatic carbocycles. The molecule has 0 radical (unpaired) electrons. The quantitative estimate of drug-likeness (QED) is 0.782. The van der Waals surface area contributed by atoms with Crippen LogP contribution in [-0.2, 0) is 0 Å². The van der Waals surface area contributed by atoms with Crippen LogP contribution >= 0.6 is 12.1 Å². The zero-order chi connectivity index (χ0) is 17.2. The highest BCUT2D eigenvalue weighted by molar-refractivity contribution is 8.02. The van der Waals surface area contributed by atoms with Gasteiger partial charge < -0.3 is 5.32 Å². The van der Waals surface area contributed by atoms with Crippen LogP contribution in [0.15, 0.2) is 42.5 Å². The summed E-state index contributed by atoms with van der Waals surface area (Å²) >= 11 is 1.45. The summed E-state index contributed by atoms with van der Waals surface area (Å²) in [5, 5.41) is 3.39. The summed E-state index contributed by atoms with van der Waals surface area (Å²) in [6, 6.07) is 12.2. The number of benzene rings is 2. The Balaban J connectivity index is 1.56. The highest BCUT2D eigenvalue weighted by Crippen LogP contribution is 2.49. The van der Waals surface area contributed by atoms with Gasteiger partial charge in [0.25, 0.3) is 0 Å². The molecule has 2 aliphatic rings. The van der Waals surface area contributed by atoms with Crippen LogP contribution in [0.4, 0.5) is 25.8 Å². The number of fused-ring (bicyclic) bond motifs is 1. The normalized spacial score (nSPS) is 17.8. The number of para-hydroxylation sites is 2. The van der Waals surface area contributed by atoms with Crippen molar-refractivity contribution in [3.63, 3.8) is 0 Å². The molecule has 132 valence electrons. The monoisotopic (exact) mass is 361 g/mol. The van der Waals surface area contributed by atoms with E-state index < -0.39 is 11.6 Å². The molecule has 1 fully saturated rings. The van der Waals surface area contributed by atoms with Gasteiger partial charge in [-0.1, -0.05) is 18.2 Å². The molecule has 2 aliphatic heterocycles. The second-order valence-electron chi connectivity index (χ2n) is 6.52. The van der Waals surface area contributed by atoms with Crippen molar-refractivity contribution < 1.29 is 8.78 Å². The molecule has 2 aromatic rings. The van der Waals surface area contributed by atoms with Crippen LogP contribution in [0.5, 0.6) is 0 Å². The summed E-state index contributed by atoms with van der Waals surface area (Å²) < 4.78 is 31.9. The molecule has 0 atom stereocenters. The zero-order valence-electron chi connectivity index (χ0n) is 13.9. The van der Waals surface area contributed by atoms with E-state index in [1.165, 1.54) is 25.0 Å². The van der Waals surface area contributed by atoms with E-state index in [9.17, 15) is 8.78 Å². The van der Waals surface area contributed by atoms with Crippen LogP contribution in [0.3, 0.4) is 0 Å². The lowest BCUT2D eigenvalue weighted by Crippen LogP contribution is -2.29. The van der Waals surface area contributed by atoms with E-state index in [-0.39, 0.29) is 5.69 Å². The number of hydrogen-bond acceptors (Lipinski definition) is 4. The van der Waals surface area contributed by atoms with Gasteiger partial charge in [0.1, 0.15) is 0 Å². The molecule has 25 heavy (non-hydrogen) atoms. The fourth-order valence-electron chi connectivity index (χ4n) is 3.49. The molecule has 0 bridgehead atoms. The Morgan fingerprint density at radius 2 is 1.68 bits per heavy atom. The van der Waals surface area contributed by atoms with Gasteiger partial charge >= 0.3 is 0 Å². The maximum Gasteiger partial charge on any atom is 0.183 e. The van der Waals surface area contributed by atoms with Crippen LogP contribution in [0.25, 0.3) is 0 Å². The van der Waals surface area contributed by atoms with Gasteiger partial charge in [-0.2, -0.15) is 0 Å². The number of halogens is 2. The van der Waals surface area contributed by atoms with Crippen molar-refractivity contribution in [3.8, 4) is 0 Å². The molecule has 0 amide bonds. The lowest BCUT2D eigenvalue weighted by molar-refractivity contribution is 0.359. The van der Waals surface area contributed by atoms with Crippen LogP contribution in [0.1, 0.15) is 19.3 Å². The minimum Gasteiger partial charge on any atom is -0.317 e. The Kier molecular flexibility index (Phi) is 4.81. The maximum atomic E-state index is 14.3. The highest BCUT2D eigenvalue weighted by atomic mass is 32.2. The number of nitrogens with one attached hydrogen (secondary N) is 1. The Bertz CT molecular complexity index is 749. The van der Waals surface area contributed by atoms with E-state index >= 15 is 0 Å². The second kappa shape index (κ2) is 7.22. The predicted octanol–water partition coefficient (Wildman–Crippen LogP) is 4.88. The maximum absolute atomic E-state index is 14.3. The van der Waals surface area contributed by atoms with E-state index in [4.69, 9.17) is 0 Å². The lowest BCUT2D eigenvalue weighted by Gasteiger charge is -2.25. The van der Waals surface area contributed by atoms with Gasteiger partial charge in [0, 0.05) is 6.54 Å². The van der Waals surface area contributed by atoms with Crippen LogP contribution in [0, 0.1) is 17.6 Å². The Morgan fingerprint density at radius 1 is 0.960 bits per heavy atom. The number of nitrogens with zero attached hydrogens (tertiary/aromatic N) is 2. The predicted molar refractivity (Wildman–Crippen MR) is 100 cm³/mol. The van der Waals surface area contributed by atoms with Crippen LogP contribution in [-0.4, -0.2) is 19.6 Å². The Morgan fingerprint density at radius 3 is 2.48 bits per heavy atom. The van der Waals surface area contributed by atoms with E-state index in [1.807, 2.05) is 24.3 Å². The molecule has 3 nitrogen and oxygen atoms in total. The van der Waals surface area contributed by atoms with Crippen molar-refractivity contribution >= 4 is 29.2 Å². The molecule has 0 saturated carbocycles.